The summed E-state index contributed by atoms with van der Waals surface area (Å²) in [6.07, 6.45) is 5.63. The third-order valence-electron chi connectivity index (χ3n) is 4.08. The Morgan fingerprint density at radius 3 is 2.42 bits per heavy atom. The smallest absolute Gasteiger partial charge is 0.325 e. The predicted molar refractivity (Wildman–Crippen MR) is 69.6 cm³/mol. The van der Waals surface area contributed by atoms with E-state index in [0.717, 1.165) is 38.5 Å². The van der Waals surface area contributed by atoms with Crippen LogP contribution in [0, 0.1) is 0 Å². The molecule has 0 aromatic heterocycles. The van der Waals surface area contributed by atoms with E-state index in [-0.39, 0.29) is 36.7 Å². The van der Waals surface area contributed by atoms with Gasteiger partial charge in [0.15, 0.2) is 0 Å². The summed E-state index contributed by atoms with van der Waals surface area (Å²) in [5.41, 5.74) is 0. The SMILES string of the molecule is COC(=O)CN(C(=O)C1CCC(C)O1)C1CCCC1. The van der Waals surface area contributed by atoms with Gasteiger partial charge in [0.1, 0.15) is 12.6 Å². The molecule has 1 aliphatic carbocycles. The van der Waals surface area contributed by atoms with Crippen LogP contribution >= 0.6 is 0 Å². The highest BCUT2D eigenvalue weighted by Gasteiger charge is 2.36. The van der Waals surface area contributed by atoms with Gasteiger partial charge in [-0.15, -0.1) is 0 Å². The Hall–Kier alpha value is -1.10. The molecule has 0 aromatic rings. The van der Waals surface area contributed by atoms with Gasteiger partial charge in [0.25, 0.3) is 5.91 Å². The molecular weight excluding hydrogens is 246 g/mol. The average molecular weight is 269 g/mol. The van der Waals surface area contributed by atoms with Crippen molar-refractivity contribution in [3.8, 4) is 0 Å². The van der Waals surface area contributed by atoms with Crippen LogP contribution in [0.4, 0.5) is 0 Å². The summed E-state index contributed by atoms with van der Waals surface area (Å²) in [6.45, 7) is 2.03. The van der Waals surface area contributed by atoms with E-state index >= 15 is 0 Å². The molecule has 19 heavy (non-hydrogen) atoms. The topological polar surface area (TPSA) is 55.8 Å². The van der Waals surface area contributed by atoms with Gasteiger partial charge in [-0.2, -0.15) is 0 Å². The molecule has 5 heteroatoms. The van der Waals surface area contributed by atoms with Crippen molar-refractivity contribution in [1.82, 2.24) is 4.90 Å². The van der Waals surface area contributed by atoms with Crippen molar-refractivity contribution in [3.63, 3.8) is 0 Å². The molecule has 2 fully saturated rings. The van der Waals surface area contributed by atoms with E-state index in [1.165, 1.54) is 7.11 Å². The van der Waals surface area contributed by atoms with E-state index in [9.17, 15) is 9.59 Å². The Labute approximate surface area is 114 Å². The lowest BCUT2D eigenvalue weighted by Crippen LogP contribution is -2.47. The first-order valence-corrected chi connectivity index (χ1v) is 7.14. The monoisotopic (exact) mass is 269 g/mol. The number of methoxy groups -OCH3 is 1. The minimum atomic E-state index is -0.375. The van der Waals surface area contributed by atoms with Crippen LogP contribution in [0.5, 0.6) is 0 Å². The minimum Gasteiger partial charge on any atom is -0.468 e. The fourth-order valence-corrected chi connectivity index (χ4v) is 2.98. The quantitative estimate of drug-likeness (QED) is 0.726. The van der Waals surface area contributed by atoms with E-state index in [1.807, 2.05) is 6.92 Å². The van der Waals surface area contributed by atoms with E-state index in [4.69, 9.17) is 9.47 Å². The van der Waals surface area contributed by atoms with Crippen LogP contribution in [-0.4, -0.2) is 48.7 Å². The fourth-order valence-electron chi connectivity index (χ4n) is 2.98. The molecule has 0 radical (unpaired) electrons. The Morgan fingerprint density at radius 2 is 1.89 bits per heavy atom. The second-order valence-electron chi connectivity index (χ2n) is 5.49. The van der Waals surface area contributed by atoms with Crippen molar-refractivity contribution >= 4 is 11.9 Å². The molecule has 1 aliphatic heterocycles. The predicted octanol–water partition coefficient (Wildman–Crippen LogP) is 1.50. The van der Waals surface area contributed by atoms with Crippen molar-refractivity contribution in [2.45, 2.75) is 63.7 Å². The molecule has 2 atom stereocenters. The molecule has 2 unspecified atom stereocenters. The van der Waals surface area contributed by atoms with Crippen molar-refractivity contribution < 1.29 is 19.1 Å². The fraction of sp³-hybridized carbons (Fsp3) is 0.857. The zero-order valence-corrected chi connectivity index (χ0v) is 11.8. The molecule has 0 bridgehead atoms. The minimum absolute atomic E-state index is 0.0401. The summed E-state index contributed by atoms with van der Waals surface area (Å²) in [6, 6.07) is 0.172. The van der Waals surface area contributed by atoms with Gasteiger partial charge in [-0.25, -0.2) is 0 Å². The maximum absolute atomic E-state index is 12.5. The van der Waals surface area contributed by atoms with Crippen LogP contribution in [0.2, 0.25) is 0 Å². The van der Waals surface area contributed by atoms with Crippen molar-refractivity contribution in [2.24, 2.45) is 0 Å². The lowest BCUT2D eigenvalue weighted by atomic mass is 10.1. The van der Waals surface area contributed by atoms with Crippen LogP contribution in [0.3, 0.4) is 0 Å². The molecule has 1 heterocycles. The first kappa shape index (κ1) is 14.3. The molecule has 5 nitrogen and oxygen atoms in total. The Kier molecular flexibility index (Phi) is 4.80. The van der Waals surface area contributed by atoms with E-state index in [1.54, 1.807) is 4.90 Å². The number of carbonyl (C=O) groups excluding carboxylic acids is 2. The molecule has 2 aliphatic rings. The van der Waals surface area contributed by atoms with Crippen molar-refractivity contribution in [1.29, 1.82) is 0 Å². The van der Waals surface area contributed by atoms with Crippen molar-refractivity contribution in [2.75, 3.05) is 13.7 Å². The van der Waals surface area contributed by atoms with E-state index < -0.39 is 0 Å². The van der Waals surface area contributed by atoms with E-state index in [0.29, 0.717) is 0 Å². The second kappa shape index (κ2) is 6.37. The summed E-state index contributed by atoms with van der Waals surface area (Å²) in [5, 5.41) is 0. The van der Waals surface area contributed by atoms with Gasteiger partial charge in [0.2, 0.25) is 0 Å². The largest absolute Gasteiger partial charge is 0.468 e. The van der Waals surface area contributed by atoms with Crippen LogP contribution in [0.1, 0.15) is 45.4 Å². The summed E-state index contributed by atoms with van der Waals surface area (Å²) < 4.78 is 10.3. The number of hydrogen-bond donors (Lipinski definition) is 0. The summed E-state index contributed by atoms with van der Waals surface area (Å²) in [4.78, 5) is 25.7. The number of hydrogen-bond acceptors (Lipinski definition) is 4. The molecule has 1 amide bonds. The molecule has 1 saturated heterocycles. The Morgan fingerprint density at radius 1 is 1.21 bits per heavy atom. The highest BCUT2D eigenvalue weighted by Crippen LogP contribution is 2.27. The van der Waals surface area contributed by atoms with Gasteiger partial charge in [-0.3, -0.25) is 9.59 Å². The Bertz CT molecular complexity index is 338. The van der Waals surface area contributed by atoms with Gasteiger partial charge in [-0.1, -0.05) is 12.8 Å². The summed E-state index contributed by atoms with van der Waals surface area (Å²) in [7, 11) is 1.35. The molecule has 108 valence electrons. The third kappa shape index (κ3) is 3.47. The molecule has 0 spiro atoms. The number of esters is 1. The van der Waals surface area contributed by atoms with Crippen LogP contribution in [0.25, 0.3) is 0 Å². The Balaban J connectivity index is 2.02. The molecule has 2 rings (SSSR count). The highest BCUT2D eigenvalue weighted by atomic mass is 16.5. The zero-order chi connectivity index (χ0) is 13.8. The molecule has 0 aromatic carbocycles. The maximum atomic E-state index is 12.5. The lowest BCUT2D eigenvalue weighted by Gasteiger charge is -2.30. The lowest BCUT2D eigenvalue weighted by molar-refractivity contribution is -0.153. The maximum Gasteiger partial charge on any atom is 0.325 e. The van der Waals surface area contributed by atoms with Crippen LogP contribution < -0.4 is 0 Å². The summed E-state index contributed by atoms with van der Waals surface area (Å²) in [5.74, 6) is -0.395. The van der Waals surface area contributed by atoms with Gasteiger partial charge in [0.05, 0.1) is 13.2 Å². The van der Waals surface area contributed by atoms with E-state index in [2.05, 4.69) is 0 Å². The zero-order valence-electron chi connectivity index (χ0n) is 11.8. The number of ether oxygens (including phenoxy) is 2. The molecular formula is C14H23NO4. The van der Waals surface area contributed by atoms with Gasteiger partial charge >= 0.3 is 5.97 Å². The summed E-state index contributed by atoms with van der Waals surface area (Å²) >= 11 is 0. The van der Waals surface area contributed by atoms with Gasteiger partial charge < -0.3 is 14.4 Å². The van der Waals surface area contributed by atoms with Crippen molar-refractivity contribution in [3.05, 3.63) is 0 Å². The van der Waals surface area contributed by atoms with Crippen LogP contribution in [-0.2, 0) is 19.1 Å². The number of amides is 1. The number of nitrogens with zero attached hydrogens (tertiary/aromatic N) is 1. The first-order valence-electron chi connectivity index (χ1n) is 7.14. The number of carbonyl (C=O) groups is 2. The third-order valence-corrected chi connectivity index (χ3v) is 4.08. The highest BCUT2D eigenvalue weighted by molar-refractivity contribution is 5.85. The van der Waals surface area contributed by atoms with Gasteiger partial charge in [-0.05, 0) is 32.6 Å². The standard InChI is InChI=1S/C14H23NO4/c1-10-7-8-12(19-10)14(17)15(9-13(16)18-2)11-5-3-4-6-11/h10-12H,3-9H2,1-2H3. The average Bonchev–Trinajstić information content (AvgIpc) is 3.05. The molecule has 1 saturated carbocycles. The van der Waals surface area contributed by atoms with Gasteiger partial charge in [0, 0.05) is 6.04 Å². The van der Waals surface area contributed by atoms with Crippen LogP contribution in [0.15, 0.2) is 0 Å². The normalized spacial score (nSPS) is 27.5. The molecule has 0 N–H and O–H groups in total. The number of rotatable bonds is 4. The first-order chi connectivity index (χ1) is 9.11. The second-order valence-corrected chi connectivity index (χ2v) is 5.49.